The van der Waals surface area contributed by atoms with E-state index in [1.165, 1.54) is 32.2 Å². The van der Waals surface area contributed by atoms with Gasteiger partial charge in [-0.3, -0.25) is 0 Å². The summed E-state index contributed by atoms with van der Waals surface area (Å²) < 4.78 is 0. The van der Waals surface area contributed by atoms with Crippen LogP contribution in [0.2, 0.25) is 0 Å². The van der Waals surface area contributed by atoms with Gasteiger partial charge in [-0.2, -0.15) is 0 Å². The van der Waals surface area contributed by atoms with Crippen molar-refractivity contribution in [3.05, 3.63) is 35.9 Å². The lowest BCUT2D eigenvalue weighted by molar-refractivity contribution is -0.863. The van der Waals surface area contributed by atoms with Crippen molar-refractivity contribution < 1.29 is 17.3 Å². The maximum Gasteiger partial charge on any atom is 0.0804 e. The van der Waals surface area contributed by atoms with Crippen molar-refractivity contribution >= 4 is 0 Å². The molecule has 0 amide bonds. The SMILES string of the molecule is C[NH+](C)C[C@@H]1C2CCC(CC2)C1c1ccccc1.[Cl-]. The van der Waals surface area contributed by atoms with Crippen LogP contribution in [-0.2, 0) is 0 Å². The number of quaternary nitrogens is 1. The fourth-order valence-corrected chi connectivity index (χ4v) is 4.53. The van der Waals surface area contributed by atoms with Crippen LogP contribution in [0.5, 0.6) is 0 Å². The third-order valence-electron chi connectivity index (χ3n) is 5.22. The van der Waals surface area contributed by atoms with Crippen LogP contribution in [0.1, 0.15) is 37.2 Å². The summed E-state index contributed by atoms with van der Waals surface area (Å²) in [4.78, 5) is 1.62. The van der Waals surface area contributed by atoms with Crippen LogP contribution < -0.4 is 17.3 Å². The van der Waals surface area contributed by atoms with Crippen LogP contribution in [0.25, 0.3) is 0 Å². The molecule has 2 bridgehead atoms. The van der Waals surface area contributed by atoms with Crippen LogP contribution in [-0.4, -0.2) is 20.6 Å². The topological polar surface area (TPSA) is 4.44 Å². The van der Waals surface area contributed by atoms with Crippen molar-refractivity contribution in [2.75, 3.05) is 20.6 Å². The van der Waals surface area contributed by atoms with Crippen LogP contribution in [0.4, 0.5) is 0 Å². The van der Waals surface area contributed by atoms with Gasteiger partial charge in [-0.15, -0.1) is 0 Å². The van der Waals surface area contributed by atoms with E-state index in [-0.39, 0.29) is 12.4 Å². The van der Waals surface area contributed by atoms with Crippen molar-refractivity contribution in [1.82, 2.24) is 0 Å². The summed E-state index contributed by atoms with van der Waals surface area (Å²) in [5.74, 6) is 3.72. The second-order valence-electron chi connectivity index (χ2n) is 6.69. The molecule has 0 saturated heterocycles. The van der Waals surface area contributed by atoms with E-state index >= 15 is 0 Å². The van der Waals surface area contributed by atoms with Crippen LogP contribution >= 0.6 is 0 Å². The molecule has 1 nitrogen and oxygen atoms in total. The van der Waals surface area contributed by atoms with E-state index in [1.807, 2.05) is 0 Å². The number of fused-ring (bicyclic) bond motifs is 3. The molecule has 1 aromatic carbocycles. The van der Waals surface area contributed by atoms with Crippen molar-refractivity contribution in [2.24, 2.45) is 17.8 Å². The Balaban J connectivity index is 0.00000133. The van der Waals surface area contributed by atoms with Gasteiger partial charge < -0.3 is 17.3 Å². The number of hydrogen-bond acceptors (Lipinski definition) is 0. The minimum Gasteiger partial charge on any atom is -1.00 e. The molecule has 1 unspecified atom stereocenters. The number of nitrogens with one attached hydrogen (secondary N) is 1. The quantitative estimate of drug-likeness (QED) is 0.751. The Hall–Kier alpha value is -0.530. The second-order valence-corrected chi connectivity index (χ2v) is 6.69. The predicted molar refractivity (Wildman–Crippen MR) is 75.8 cm³/mol. The molecule has 106 valence electrons. The van der Waals surface area contributed by atoms with Crippen molar-refractivity contribution in [3.8, 4) is 0 Å². The van der Waals surface area contributed by atoms with E-state index in [9.17, 15) is 0 Å². The van der Waals surface area contributed by atoms with Gasteiger partial charge in [0.25, 0.3) is 0 Å². The average Bonchev–Trinajstić information content (AvgIpc) is 2.40. The zero-order valence-corrected chi connectivity index (χ0v) is 12.9. The maximum absolute atomic E-state index is 2.36. The lowest BCUT2D eigenvalue weighted by Crippen LogP contribution is -3.06. The summed E-state index contributed by atoms with van der Waals surface area (Å²) >= 11 is 0. The van der Waals surface area contributed by atoms with Crippen LogP contribution in [0.15, 0.2) is 30.3 Å². The van der Waals surface area contributed by atoms with E-state index in [2.05, 4.69) is 44.4 Å². The first-order valence-electron chi connectivity index (χ1n) is 7.59. The number of rotatable bonds is 3. The molecule has 0 heterocycles. The second kappa shape index (κ2) is 6.28. The molecule has 0 aliphatic heterocycles. The molecular weight excluding hydrogens is 254 g/mol. The van der Waals surface area contributed by atoms with E-state index in [0.717, 1.165) is 23.7 Å². The number of hydrogen-bond donors (Lipinski definition) is 1. The van der Waals surface area contributed by atoms with Gasteiger partial charge in [0.05, 0.1) is 20.6 Å². The third-order valence-corrected chi connectivity index (χ3v) is 5.22. The Kier molecular flexibility index (Phi) is 4.92. The standard InChI is InChI=1S/C17H25N.ClH/c1-18(2)12-16-13-8-10-15(11-9-13)17(16)14-6-4-3-5-7-14;/h3-7,13,15-17H,8-12H2,1-2H3;1H/t13?,15?,16-,17?;/m1./s1. The van der Waals surface area contributed by atoms with Crippen molar-refractivity contribution in [1.29, 1.82) is 0 Å². The van der Waals surface area contributed by atoms with Gasteiger partial charge in [-0.25, -0.2) is 0 Å². The molecule has 3 saturated carbocycles. The molecule has 19 heavy (non-hydrogen) atoms. The molecule has 2 atom stereocenters. The van der Waals surface area contributed by atoms with Gasteiger partial charge in [-0.05, 0) is 49.0 Å². The third kappa shape index (κ3) is 2.98. The predicted octanol–water partition coefficient (Wildman–Crippen LogP) is -0.645. The van der Waals surface area contributed by atoms with E-state index < -0.39 is 0 Å². The lowest BCUT2D eigenvalue weighted by Gasteiger charge is -2.49. The first-order valence-corrected chi connectivity index (χ1v) is 7.59. The molecule has 1 N–H and O–H groups in total. The molecule has 0 radical (unpaired) electrons. The van der Waals surface area contributed by atoms with E-state index in [4.69, 9.17) is 0 Å². The molecule has 1 aromatic rings. The van der Waals surface area contributed by atoms with Gasteiger partial charge in [0.15, 0.2) is 0 Å². The first-order chi connectivity index (χ1) is 8.75. The van der Waals surface area contributed by atoms with Gasteiger partial charge in [0.1, 0.15) is 0 Å². The molecule has 3 fully saturated rings. The zero-order valence-electron chi connectivity index (χ0n) is 12.1. The Morgan fingerprint density at radius 1 is 0.947 bits per heavy atom. The Labute approximate surface area is 123 Å². The highest BCUT2D eigenvalue weighted by atomic mass is 35.5. The van der Waals surface area contributed by atoms with Gasteiger partial charge in [0.2, 0.25) is 0 Å². The smallest absolute Gasteiger partial charge is 0.0804 e. The Bertz CT molecular complexity index is 382. The fraction of sp³-hybridized carbons (Fsp3) is 0.647. The Morgan fingerprint density at radius 3 is 2.11 bits per heavy atom. The summed E-state index contributed by atoms with van der Waals surface area (Å²) in [7, 11) is 4.62. The average molecular weight is 280 g/mol. The van der Waals surface area contributed by atoms with Crippen molar-refractivity contribution in [3.63, 3.8) is 0 Å². The summed E-state index contributed by atoms with van der Waals surface area (Å²) in [5, 5.41) is 0. The molecule has 0 spiro atoms. The number of benzene rings is 1. The maximum atomic E-state index is 2.36. The molecule has 3 aliphatic carbocycles. The minimum absolute atomic E-state index is 0. The van der Waals surface area contributed by atoms with E-state index in [1.54, 1.807) is 10.5 Å². The molecule has 2 heteroatoms. The highest BCUT2D eigenvalue weighted by Crippen LogP contribution is 2.52. The Morgan fingerprint density at radius 2 is 1.53 bits per heavy atom. The van der Waals surface area contributed by atoms with Crippen LogP contribution in [0, 0.1) is 17.8 Å². The highest BCUT2D eigenvalue weighted by molar-refractivity contribution is 5.23. The van der Waals surface area contributed by atoms with Crippen LogP contribution in [0.3, 0.4) is 0 Å². The summed E-state index contributed by atoms with van der Waals surface area (Å²) in [6.45, 7) is 1.35. The summed E-state index contributed by atoms with van der Waals surface area (Å²) in [6, 6.07) is 11.3. The molecule has 3 aliphatic rings. The summed E-state index contributed by atoms with van der Waals surface area (Å²) in [5.41, 5.74) is 1.61. The van der Waals surface area contributed by atoms with E-state index in [0.29, 0.717) is 0 Å². The van der Waals surface area contributed by atoms with Crippen molar-refractivity contribution in [2.45, 2.75) is 31.6 Å². The largest absolute Gasteiger partial charge is 1.00 e. The van der Waals surface area contributed by atoms with Gasteiger partial charge in [0, 0.05) is 5.92 Å². The van der Waals surface area contributed by atoms with Gasteiger partial charge in [-0.1, -0.05) is 30.3 Å². The molecule has 0 aromatic heterocycles. The van der Waals surface area contributed by atoms with Gasteiger partial charge >= 0.3 is 0 Å². The highest BCUT2D eigenvalue weighted by Gasteiger charge is 2.45. The number of halogens is 1. The summed E-state index contributed by atoms with van der Waals surface area (Å²) in [6.07, 6.45) is 5.94. The molecular formula is C17H26ClN. The zero-order chi connectivity index (χ0) is 12.5. The fourth-order valence-electron chi connectivity index (χ4n) is 4.53. The first kappa shape index (κ1) is 14.9. The minimum atomic E-state index is 0. The lowest BCUT2D eigenvalue weighted by atomic mass is 9.57. The molecule has 4 rings (SSSR count). The monoisotopic (exact) mass is 279 g/mol. The normalized spacial score (nSPS) is 33.2.